The van der Waals surface area contributed by atoms with Gasteiger partial charge < -0.3 is 15.2 Å². The highest BCUT2D eigenvalue weighted by atomic mass is 19.1. The molecule has 0 radical (unpaired) electrons. The summed E-state index contributed by atoms with van der Waals surface area (Å²) in [6, 6.07) is 1.74. The zero-order valence-corrected chi connectivity index (χ0v) is 9.44. The molecule has 0 aliphatic rings. The number of aliphatic carboxylic acids is 1. The van der Waals surface area contributed by atoms with Gasteiger partial charge in [0, 0.05) is 6.92 Å². The van der Waals surface area contributed by atoms with Gasteiger partial charge in [-0.2, -0.15) is 0 Å². The van der Waals surface area contributed by atoms with Crippen LogP contribution in [0.4, 0.5) is 8.78 Å². The van der Waals surface area contributed by atoms with Crippen LogP contribution in [0.3, 0.4) is 0 Å². The Balaban J connectivity index is 2.73. The average molecular weight is 259 g/mol. The molecule has 0 saturated carbocycles. The molecule has 0 saturated heterocycles. The van der Waals surface area contributed by atoms with E-state index in [1.54, 1.807) is 0 Å². The SMILES string of the molecule is CC(=O)NC(COc1c(F)cccc1F)C(=O)O. The van der Waals surface area contributed by atoms with Crippen molar-refractivity contribution in [1.82, 2.24) is 5.32 Å². The van der Waals surface area contributed by atoms with Crippen LogP contribution in [0.5, 0.6) is 5.75 Å². The molecule has 2 N–H and O–H groups in total. The highest BCUT2D eigenvalue weighted by molar-refractivity contribution is 5.82. The number of amides is 1. The Labute approximate surface area is 101 Å². The number of carboxylic acid groups (broad SMARTS) is 1. The molecule has 0 aromatic heterocycles. The topological polar surface area (TPSA) is 75.6 Å². The second-order valence-corrected chi connectivity index (χ2v) is 3.45. The summed E-state index contributed by atoms with van der Waals surface area (Å²) in [4.78, 5) is 21.5. The molecular weight excluding hydrogens is 248 g/mol. The minimum Gasteiger partial charge on any atom is -0.485 e. The second kappa shape index (κ2) is 5.95. The molecule has 1 aromatic carbocycles. The van der Waals surface area contributed by atoms with Gasteiger partial charge in [0.15, 0.2) is 23.4 Å². The fraction of sp³-hybridized carbons (Fsp3) is 0.273. The first-order valence-electron chi connectivity index (χ1n) is 4.98. The van der Waals surface area contributed by atoms with Crippen molar-refractivity contribution < 1.29 is 28.2 Å². The van der Waals surface area contributed by atoms with Gasteiger partial charge in [0.1, 0.15) is 6.61 Å². The highest BCUT2D eigenvalue weighted by Crippen LogP contribution is 2.20. The molecule has 98 valence electrons. The lowest BCUT2D eigenvalue weighted by Gasteiger charge is -2.14. The van der Waals surface area contributed by atoms with E-state index in [0.29, 0.717) is 0 Å². The van der Waals surface area contributed by atoms with Crippen LogP contribution in [0, 0.1) is 11.6 Å². The number of carboxylic acids is 1. The van der Waals surface area contributed by atoms with Gasteiger partial charge in [0.05, 0.1) is 0 Å². The Bertz CT molecular complexity index is 444. The number of carbonyl (C=O) groups is 2. The third-order valence-electron chi connectivity index (χ3n) is 1.99. The highest BCUT2D eigenvalue weighted by Gasteiger charge is 2.21. The van der Waals surface area contributed by atoms with Gasteiger partial charge in [-0.15, -0.1) is 0 Å². The smallest absolute Gasteiger partial charge is 0.329 e. The van der Waals surface area contributed by atoms with Crippen LogP contribution >= 0.6 is 0 Å². The number of rotatable bonds is 5. The molecule has 7 heteroatoms. The van der Waals surface area contributed by atoms with Crippen LogP contribution in [-0.4, -0.2) is 29.6 Å². The Hall–Kier alpha value is -2.18. The van der Waals surface area contributed by atoms with Crippen molar-refractivity contribution >= 4 is 11.9 Å². The molecule has 5 nitrogen and oxygen atoms in total. The molecule has 0 aliphatic heterocycles. The summed E-state index contributed by atoms with van der Waals surface area (Å²) in [5.74, 6) is -4.50. The molecule has 0 spiro atoms. The number of para-hydroxylation sites is 1. The van der Waals surface area contributed by atoms with Crippen LogP contribution in [0.15, 0.2) is 18.2 Å². The van der Waals surface area contributed by atoms with E-state index < -0.39 is 41.9 Å². The minimum absolute atomic E-state index is 0.577. The molecule has 0 fully saturated rings. The largest absolute Gasteiger partial charge is 0.485 e. The van der Waals surface area contributed by atoms with Crippen molar-refractivity contribution in [3.05, 3.63) is 29.8 Å². The van der Waals surface area contributed by atoms with Crippen molar-refractivity contribution in [2.24, 2.45) is 0 Å². The zero-order valence-electron chi connectivity index (χ0n) is 9.44. The van der Waals surface area contributed by atoms with Crippen molar-refractivity contribution in [2.75, 3.05) is 6.61 Å². The third-order valence-corrected chi connectivity index (χ3v) is 1.99. The number of halogens is 2. The van der Waals surface area contributed by atoms with E-state index in [1.807, 2.05) is 0 Å². The number of benzene rings is 1. The number of nitrogens with one attached hydrogen (secondary N) is 1. The van der Waals surface area contributed by atoms with Crippen molar-refractivity contribution in [3.63, 3.8) is 0 Å². The van der Waals surface area contributed by atoms with Crippen LogP contribution < -0.4 is 10.1 Å². The van der Waals surface area contributed by atoms with Crippen LogP contribution in [0.2, 0.25) is 0 Å². The van der Waals surface area contributed by atoms with Crippen LogP contribution in [-0.2, 0) is 9.59 Å². The summed E-state index contributed by atoms with van der Waals surface area (Å²) >= 11 is 0. The molecule has 18 heavy (non-hydrogen) atoms. The van der Waals surface area contributed by atoms with E-state index in [4.69, 9.17) is 9.84 Å². The molecule has 0 heterocycles. The molecule has 0 aliphatic carbocycles. The van der Waals surface area contributed by atoms with Gasteiger partial charge in [-0.1, -0.05) is 6.07 Å². The van der Waals surface area contributed by atoms with Crippen LogP contribution in [0.25, 0.3) is 0 Å². The predicted octanol–water partition coefficient (Wildman–Crippen LogP) is 0.933. The summed E-state index contributed by atoms with van der Waals surface area (Å²) in [5, 5.41) is 10.8. The van der Waals surface area contributed by atoms with E-state index in [1.165, 1.54) is 0 Å². The number of hydrogen-bond acceptors (Lipinski definition) is 3. The summed E-state index contributed by atoms with van der Waals surface area (Å²) in [7, 11) is 0. The first-order chi connectivity index (χ1) is 8.41. The monoisotopic (exact) mass is 259 g/mol. The first kappa shape index (κ1) is 13.9. The van der Waals surface area contributed by atoms with Gasteiger partial charge in [0.25, 0.3) is 0 Å². The van der Waals surface area contributed by atoms with E-state index in [9.17, 15) is 18.4 Å². The lowest BCUT2D eigenvalue weighted by Crippen LogP contribution is -2.43. The van der Waals surface area contributed by atoms with Gasteiger partial charge in [-0.05, 0) is 12.1 Å². The van der Waals surface area contributed by atoms with Gasteiger partial charge in [-0.25, -0.2) is 13.6 Å². The predicted molar refractivity (Wildman–Crippen MR) is 57.1 cm³/mol. The minimum atomic E-state index is -1.37. The lowest BCUT2D eigenvalue weighted by molar-refractivity contribution is -0.142. The summed E-state index contributed by atoms with van der Waals surface area (Å²) in [6.07, 6.45) is 0. The first-order valence-corrected chi connectivity index (χ1v) is 4.98. The van der Waals surface area contributed by atoms with Crippen molar-refractivity contribution in [2.45, 2.75) is 13.0 Å². The summed E-state index contributed by atoms with van der Waals surface area (Å²) < 4.78 is 31.1. The number of ether oxygens (including phenoxy) is 1. The van der Waals surface area contributed by atoms with Crippen molar-refractivity contribution in [1.29, 1.82) is 0 Å². The zero-order chi connectivity index (χ0) is 13.7. The fourth-order valence-corrected chi connectivity index (χ4v) is 1.21. The Morgan fingerprint density at radius 2 is 1.94 bits per heavy atom. The Kier molecular flexibility index (Phi) is 4.59. The summed E-state index contributed by atoms with van der Waals surface area (Å²) in [6.45, 7) is 0.548. The van der Waals surface area contributed by atoms with E-state index in [2.05, 4.69) is 5.32 Å². The quantitative estimate of drug-likeness (QED) is 0.825. The number of carbonyl (C=O) groups excluding carboxylic acids is 1. The maximum absolute atomic E-state index is 13.2. The maximum atomic E-state index is 13.2. The van der Waals surface area contributed by atoms with E-state index in [-0.39, 0.29) is 0 Å². The van der Waals surface area contributed by atoms with Gasteiger partial charge >= 0.3 is 5.97 Å². The standard InChI is InChI=1S/C11H11F2NO4/c1-6(15)14-9(11(16)17)5-18-10-7(12)3-2-4-8(10)13/h2-4,9H,5H2,1H3,(H,14,15)(H,16,17). The molecule has 1 atom stereocenters. The van der Waals surface area contributed by atoms with E-state index >= 15 is 0 Å². The lowest BCUT2D eigenvalue weighted by atomic mass is 10.3. The third kappa shape index (κ3) is 3.69. The molecule has 1 rings (SSSR count). The molecule has 1 amide bonds. The second-order valence-electron chi connectivity index (χ2n) is 3.45. The average Bonchev–Trinajstić information content (AvgIpc) is 2.26. The molecule has 0 bridgehead atoms. The summed E-state index contributed by atoms with van der Waals surface area (Å²) in [5.41, 5.74) is 0. The maximum Gasteiger partial charge on any atom is 0.329 e. The normalized spacial score (nSPS) is 11.7. The van der Waals surface area contributed by atoms with Gasteiger partial charge in [0.2, 0.25) is 5.91 Å². The number of hydrogen-bond donors (Lipinski definition) is 2. The van der Waals surface area contributed by atoms with Gasteiger partial charge in [-0.3, -0.25) is 4.79 Å². The molecular formula is C11H11F2NO4. The Morgan fingerprint density at radius 3 is 2.39 bits per heavy atom. The molecule has 1 aromatic rings. The van der Waals surface area contributed by atoms with Crippen molar-refractivity contribution in [3.8, 4) is 5.75 Å². The van der Waals surface area contributed by atoms with Crippen LogP contribution in [0.1, 0.15) is 6.92 Å². The van der Waals surface area contributed by atoms with E-state index in [0.717, 1.165) is 25.1 Å². The fourth-order valence-electron chi connectivity index (χ4n) is 1.21. The Morgan fingerprint density at radius 1 is 1.39 bits per heavy atom. The molecule has 1 unspecified atom stereocenters.